The second-order valence-electron chi connectivity index (χ2n) is 8.31. The molecule has 2 amide bonds. The molecule has 6 heteroatoms. The summed E-state index contributed by atoms with van der Waals surface area (Å²) in [6.45, 7) is 3.64. The SMILES string of the molecule is COc1ccc(N2CCN(C(=O)CCCN3C(=O)c4cccc5cccc3c45)CC2)cc1. The van der Waals surface area contributed by atoms with E-state index in [1.165, 1.54) is 0 Å². The number of methoxy groups -OCH3 is 1. The van der Waals surface area contributed by atoms with E-state index in [0.29, 0.717) is 19.4 Å². The molecule has 5 rings (SSSR count). The first kappa shape index (κ1) is 20.4. The molecule has 0 atom stereocenters. The number of carbonyl (C=O) groups is 2. The molecule has 6 nitrogen and oxygen atoms in total. The molecule has 0 spiro atoms. The van der Waals surface area contributed by atoms with Crippen molar-refractivity contribution < 1.29 is 14.3 Å². The summed E-state index contributed by atoms with van der Waals surface area (Å²) < 4.78 is 5.22. The summed E-state index contributed by atoms with van der Waals surface area (Å²) in [6, 6.07) is 19.9. The molecular formula is C26H27N3O3. The lowest BCUT2D eigenvalue weighted by molar-refractivity contribution is -0.131. The van der Waals surface area contributed by atoms with Crippen LogP contribution in [0.3, 0.4) is 0 Å². The maximum absolute atomic E-state index is 12.9. The van der Waals surface area contributed by atoms with Crippen molar-refractivity contribution in [2.45, 2.75) is 12.8 Å². The highest BCUT2D eigenvalue weighted by atomic mass is 16.5. The molecule has 3 aromatic carbocycles. The Morgan fingerprint density at radius 1 is 0.938 bits per heavy atom. The standard InChI is InChI=1S/C26H27N3O3/c1-32-21-12-10-20(11-13-21)27-15-17-28(18-16-27)24(30)9-4-14-29-23-8-3-6-19-5-2-7-22(25(19)23)26(29)31/h2-3,5-8,10-13H,4,9,14-18H2,1H3. The van der Waals surface area contributed by atoms with Crippen LogP contribution in [-0.4, -0.2) is 56.5 Å². The molecule has 0 radical (unpaired) electrons. The van der Waals surface area contributed by atoms with Crippen LogP contribution in [0.25, 0.3) is 10.8 Å². The highest BCUT2D eigenvalue weighted by molar-refractivity contribution is 6.25. The maximum Gasteiger partial charge on any atom is 0.258 e. The van der Waals surface area contributed by atoms with Gasteiger partial charge in [0.1, 0.15) is 5.75 Å². The first-order valence-corrected chi connectivity index (χ1v) is 11.2. The first-order valence-electron chi connectivity index (χ1n) is 11.2. The number of rotatable bonds is 6. The summed E-state index contributed by atoms with van der Waals surface area (Å²) in [7, 11) is 1.66. The molecule has 1 saturated heterocycles. The summed E-state index contributed by atoms with van der Waals surface area (Å²) in [6.07, 6.45) is 1.12. The van der Waals surface area contributed by atoms with E-state index in [0.717, 1.165) is 59.6 Å². The van der Waals surface area contributed by atoms with Crippen molar-refractivity contribution in [1.29, 1.82) is 0 Å². The lowest BCUT2D eigenvalue weighted by Crippen LogP contribution is -2.48. The Hall–Kier alpha value is -3.54. The lowest BCUT2D eigenvalue weighted by atomic mass is 10.1. The molecule has 3 aromatic rings. The van der Waals surface area contributed by atoms with Crippen LogP contribution in [0.4, 0.5) is 11.4 Å². The van der Waals surface area contributed by atoms with Gasteiger partial charge in [0.15, 0.2) is 0 Å². The Kier molecular flexibility index (Phi) is 5.43. The van der Waals surface area contributed by atoms with Gasteiger partial charge >= 0.3 is 0 Å². The van der Waals surface area contributed by atoms with E-state index in [-0.39, 0.29) is 11.8 Å². The van der Waals surface area contributed by atoms with Crippen LogP contribution in [0, 0.1) is 0 Å². The number of amides is 2. The molecule has 32 heavy (non-hydrogen) atoms. The van der Waals surface area contributed by atoms with Crippen LogP contribution in [0.5, 0.6) is 5.75 Å². The molecule has 1 fully saturated rings. The van der Waals surface area contributed by atoms with Gasteiger partial charge < -0.3 is 19.4 Å². The minimum atomic E-state index is 0.0392. The molecule has 0 aromatic heterocycles. The predicted octanol–water partition coefficient (Wildman–Crippen LogP) is 3.94. The van der Waals surface area contributed by atoms with E-state index >= 15 is 0 Å². The molecular weight excluding hydrogens is 402 g/mol. The zero-order chi connectivity index (χ0) is 22.1. The fourth-order valence-corrected chi connectivity index (χ4v) is 4.75. The fraction of sp³-hybridized carbons (Fsp3) is 0.308. The zero-order valence-corrected chi connectivity index (χ0v) is 18.3. The second-order valence-corrected chi connectivity index (χ2v) is 8.31. The number of benzene rings is 3. The normalized spacial score (nSPS) is 15.5. The summed E-state index contributed by atoms with van der Waals surface area (Å²) in [5.74, 6) is 1.05. The minimum absolute atomic E-state index is 0.0392. The maximum atomic E-state index is 12.9. The zero-order valence-electron chi connectivity index (χ0n) is 18.3. The Morgan fingerprint density at radius 3 is 2.38 bits per heavy atom. The average molecular weight is 430 g/mol. The molecule has 2 aliphatic heterocycles. The van der Waals surface area contributed by atoms with E-state index in [1.54, 1.807) is 7.11 Å². The van der Waals surface area contributed by atoms with Gasteiger partial charge in [0.2, 0.25) is 5.91 Å². The van der Waals surface area contributed by atoms with Gasteiger partial charge in [-0.3, -0.25) is 9.59 Å². The monoisotopic (exact) mass is 429 g/mol. The summed E-state index contributed by atoms with van der Waals surface area (Å²) in [5, 5.41) is 2.11. The van der Waals surface area contributed by atoms with Crippen molar-refractivity contribution in [1.82, 2.24) is 4.90 Å². The van der Waals surface area contributed by atoms with Crippen LogP contribution in [0.15, 0.2) is 60.7 Å². The number of carbonyl (C=O) groups excluding carboxylic acids is 2. The third kappa shape index (κ3) is 3.66. The van der Waals surface area contributed by atoms with Gasteiger partial charge in [-0.1, -0.05) is 24.3 Å². The smallest absolute Gasteiger partial charge is 0.258 e. The quantitative estimate of drug-likeness (QED) is 0.596. The largest absolute Gasteiger partial charge is 0.497 e. The second kappa shape index (κ2) is 8.54. The molecule has 0 aliphatic carbocycles. The Labute approximate surface area is 188 Å². The minimum Gasteiger partial charge on any atom is -0.497 e. The van der Waals surface area contributed by atoms with Crippen molar-refractivity contribution in [3.05, 3.63) is 66.2 Å². The van der Waals surface area contributed by atoms with Crippen molar-refractivity contribution in [2.75, 3.05) is 49.6 Å². The van der Waals surface area contributed by atoms with E-state index in [9.17, 15) is 9.59 Å². The van der Waals surface area contributed by atoms with E-state index < -0.39 is 0 Å². The van der Waals surface area contributed by atoms with Crippen molar-refractivity contribution in [3.63, 3.8) is 0 Å². The van der Waals surface area contributed by atoms with Crippen LogP contribution in [-0.2, 0) is 4.79 Å². The molecule has 2 aliphatic rings. The highest BCUT2D eigenvalue weighted by Crippen LogP contribution is 2.37. The predicted molar refractivity (Wildman–Crippen MR) is 127 cm³/mol. The van der Waals surface area contributed by atoms with Crippen LogP contribution in [0.1, 0.15) is 23.2 Å². The number of hydrogen-bond donors (Lipinski definition) is 0. The summed E-state index contributed by atoms with van der Waals surface area (Å²) in [4.78, 5) is 31.7. The third-order valence-electron chi connectivity index (χ3n) is 6.49. The number of anilines is 2. The van der Waals surface area contributed by atoms with Crippen molar-refractivity contribution in [2.24, 2.45) is 0 Å². The van der Waals surface area contributed by atoms with Crippen LogP contribution < -0.4 is 14.5 Å². The number of piperazine rings is 1. The Balaban J connectivity index is 1.14. The van der Waals surface area contributed by atoms with Gasteiger partial charge in [0.05, 0.1) is 12.8 Å². The molecule has 164 valence electrons. The first-order chi connectivity index (χ1) is 15.7. The van der Waals surface area contributed by atoms with Gasteiger partial charge in [0, 0.05) is 55.8 Å². The van der Waals surface area contributed by atoms with E-state index in [4.69, 9.17) is 4.74 Å². The van der Waals surface area contributed by atoms with Crippen molar-refractivity contribution >= 4 is 34.0 Å². The van der Waals surface area contributed by atoms with Gasteiger partial charge in [-0.05, 0) is 48.2 Å². The molecule has 2 heterocycles. The Bertz CT molecular complexity index is 1150. The fourth-order valence-electron chi connectivity index (χ4n) is 4.75. The van der Waals surface area contributed by atoms with Crippen molar-refractivity contribution in [3.8, 4) is 5.75 Å². The molecule has 0 N–H and O–H groups in total. The summed E-state index contributed by atoms with van der Waals surface area (Å²) in [5.41, 5.74) is 2.88. The highest BCUT2D eigenvalue weighted by Gasteiger charge is 2.29. The molecule has 0 bridgehead atoms. The number of nitrogens with zero attached hydrogens (tertiary/aromatic N) is 3. The summed E-state index contributed by atoms with van der Waals surface area (Å²) >= 11 is 0. The third-order valence-corrected chi connectivity index (χ3v) is 6.49. The van der Waals surface area contributed by atoms with Gasteiger partial charge in [0.25, 0.3) is 5.91 Å². The molecule has 0 unspecified atom stereocenters. The molecule has 0 saturated carbocycles. The van der Waals surface area contributed by atoms with Crippen LogP contribution in [0.2, 0.25) is 0 Å². The average Bonchev–Trinajstić information content (AvgIpc) is 3.12. The lowest BCUT2D eigenvalue weighted by Gasteiger charge is -2.36. The van der Waals surface area contributed by atoms with Gasteiger partial charge in [-0.15, -0.1) is 0 Å². The van der Waals surface area contributed by atoms with E-state index in [1.807, 2.05) is 58.3 Å². The topological polar surface area (TPSA) is 53.1 Å². The van der Waals surface area contributed by atoms with Gasteiger partial charge in [-0.2, -0.15) is 0 Å². The van der Waals surface area contributed by atoms with E-state index in [2.05, 4.69) is 17.0 Å². The van der Waals surface area contributed by atoms with Crippen LogP contribution >= 0.6 is 0 Å². The number of ether oxygens (including phenoxy) is 1. The number of hydrogen-bond acceptors (Lipinski definition) is 4. The van der Waals surface area contributed by atoms with Gasteiger partial charge in [-0.25, -0.2) is 0 Å². The Morgan fingerprint density at radius 2 is 1.66 bits per heavy atom.